The van der Waals surface area contributed by atoms with E-state index in [4.69, 9.17) is 5.84 Å². The highest BCUT2D eigenvalue weighted by Gasteiger charge is 2.10. The minimum Gasteiger partial charge on any atom is -0.378 e. The Morgan fingerprint density at radius 2 is 2.00 bits per heavy atom. The number of anilines is 1. The standard InChI is InChI=1S/C15H27N3/c1-4-5-6-7-11-15(17-16)13-9-8-10-14(12-13)18(2)3/h8-10,12,15,17H,4-7,11,16H2,1-3H3. The van der Waals surface area contributed by atoms with Gasteiger partial charge in [0.15, 0.2) is 0 Å². The molecule has 0 saturated heterocycles. The lowest BCUT2D eigenvalue weighted by Gasteiger charge is -2.19. The van der Waals surface area contributed by atoms with Crippen molar-refractivity contribution in [2.24, 2.45) is 5.84 Å². The first-order valence-electron chi connectivity index (χ1n) is 6.92. The maximum absolute atomic E-state index is 5.68. The first kappa shape index (κ1) is 15.0. The Morgan fingerprint density at radius 3 is 2.61 bits per heavy atom. The topological polar surface area (TPSA) is 41.3 Å². The van der Waals surface area contributed by atoms with Crippen LogP contribution in [0.4, 0.5) is 5.69 Å². The van der Waals surface area contributed by atoms with Crippen LogP contribution < -0.4 is 16.2 Å². The molecule has 0 aliphatic heterocycles. The van der Waals surface area contributed by atoms with E-state index in [1.54, 1.807) is 0 Å². The van der Waals surface area contributed by atoms with Crippen LogP contribution in [0.5, 0.6) is 0 Å². The van der Waals surface area contributed by atoms with Gasteiger partial charge in [0.25, 0.3) is 0 Å². The molecule has 102 valence electrons. The molecule has 0 aromatic heterocycles. The van der Waals surface area contributed by atoms with Crippen molar-refractivity contribution in [1.82, 2.24) is 5.43 Å². The fourth-order valence-electron chi connectivity index (χ4n) is 2.14. The van der Waals surface area contributed by atoms with Gasteiger partial charge in [0.1, 0.15) is 0 Å². The third-order valence-electron chi connectivity index (χ3n) is 3.34. The maximum Gasteiger partial charge on any atom is 0.0460 e. The molecule has 1 atom stereocenters. The number of nitrogens with zero attached hydrogens (tertiary/aromatic N) is 1. The van der Waals surface area contributed by atoms with Crippen LogP contribution in [0.3, 0.4) is 0 Å². The molecule has 3 nitrogen and oxygen atoms in total. The number of hydrogen-bond acceptors (Lipinski definition) is 3. The highest BCUT2D eigenvalue weighted by atomic mass is 15.2. The Labute approximate surface area is 111 Å². The number of unbranched alkanes of at least 4 members (excludes halogenated alkanes) is 3. The van der Waals surface area contributed by atoms with Crippen LogP contribution in [0.25, 0.3) is 0 Å². The van der Waals surface area contributed by atoms with Crippen LogP contribution in [0.2, 0.25) is 0 Å². The second kappa shape index (κ2) is 8.11. The van der Waals surface area contributed by atoms with Gasteiger partial charge in [0.2, 0.25) is 0 Å². The van der Waals surface area contributed by atoms with E-state index >= 15 is 0 Å². The monoisotopic (exact) mass is 249 g/mol. The lowest BCUT2D eigenvalue weighted by atomic mass is 10.00. The average Bonchev–Trinajstić information content (AvgIpc) is 2.39. The summed E-state index contributed by atoms with van der Waals surface area (Å²) < 4.78 is 0. The predicted molar refractivity (Wildman–Crippen MR) is 79.6 cm³/mol. The van der Waals surface area contributed by atoms with E-state index in [2.05, 4.69) is 55.6 Å². The lowest BCUT2D eigenvalue weighted by molar-refractivity contribution is 0.482. The zero-order valence-electron chi connectivity index (χ0n) is 11.9. The Hall–Kier alpha value is -1.06. The summed E-state index contributed by atoms with van der Waals surface area (Å²) >= 11 is 0. The van der Waals surface area contributed by atoms with Crippen molar-refractivity contribution >= 4 is 5.69 Å². The van der Waals surface area contributed by atoms with Crippen LogP contribution in [-0.2, 0) is 0 Å². The molecule has 0 spiro atoms. The first-order valence-corrected chi connectivity index (χ1v) is 6.92. The van der Waals surface area contributed by atoms with Crippen molar-refractivity contribution in [3.8, 4) is 0 Å². The third-order valence-corrected chi connectivity index (χ3v) is 3.34. The first-order chi connectivity index (χ1) is 8.69. The van der Waals surface area contributed by atoms with Gasteiger partial charge in [-0.2, -0.15) is 0 Å². The van der Waals surface area contributed by atoms with E-state index in [9.17, 15) is 0 Å². The van der Waals surface area contributed by atoms with Crippen molar-refractivity contribution < 1.29 is 0 Å². The molecule has 0 aliphatic rings. The zero-order chi connectivity index (χ0) is 13.4. The van der Waals surface area contributed by atoms with E-state index in [0.717, 1.165) is 6.42 Å². The van der Waals surface area contributed by atoms with E-state index in [0.29, 0.717) is 0 Å². The molecular formula is C15H27N3. The molecule has 1 aromatic rings. The van der Waals surface area contributed by atoms with E-state index < -0.39 is 0 Å². The molecule has 3 N–H and O–H groups in total. The van der Waals surface area contributed by atoms with Crippen LogP contribution in [0, 0.1) is 0 Å². The summed E-state index contributed by atoms with van der Waals surface area (Å²) in [5.41, 5.74) is 5.44. The van der Waals surface area contributed by atoms with E-state index in [1.807, 2.05) is 0 Å². The summed E-state index contributed by atoms with van der Waals surface area (Å²) in [7, 11) is 4.12. The Bertz CT molecular complexity index is 336. The number of rotatable bonds is 8. The molecule has 1 unspecified atom stereocenters. The summed E-state index contributed by atoms with van der Waals surface area (Å²) in [5.74, 6) is 5.68. The van der Waals surface area contributed by atoms with Gasteiger partial charge in [-0.25, -0.2) is 0 Å². The minimum absolute atomic E-state index is 0.266. The van der Waals surface area contributed by atoms with Crippen molar-refractivity contribution in [2.75, 3.05) is 19.0 Å². The quantitative estimate of drug-likeness (QED) is 0.422. The highest BCUT2D eigenvalue weighted by Crippen LogP contribution is 2.23. The maximum atomic E-state index is 5.68. The molecule has 0 bridgehead atoms. The number of benzene rings is 1. The number of hydrogen-bond donors (Lipinski definition) is 2. The van der Waals surface area contributed by atoms with Gasteiger partial charge in [-0.3, -0.25) is 11.3 Å². The molecule has 0 radical (unpaired) electrons. The smallest absolute Gasteiger partial charge is 0.0460 e. The number of nitrogens with two attached hydrogens (primary N) is 1. The molecule has 3 heteroatoms. The molecule has 1 aromatic carbocycles. The molecule has 0 amide bonds. The Morgan fingerprint density at radius 1 is 1.22 bits per heavy atom. The van der Waals surface area contributed by atoms with Gasteiger partial charge in [-0.1, -0.05) is 44.7 Å². The molecule has 0 saturated carbocycles. The second-order valence-electron chi connectivity index (χ2n) is 5.06. The van der Waals surface area contributed by atoms with Gasteiger partial charge < -0.3 is 4.90 Å². The van der Waals surface area contributed by atoms with Gasteiger partial charge in [0, 0.05) is 25.8 Å². The van der Waals surface area contributed by atoms with Crippen molar-refractivity contribution in [1.29, 1.82) is 0 Å². The van der Waals surface area contributed by atoms with E-state index in [1.165, 1.54) is 36.9 Å². The van der Waals surface area contributed by atoms with Gasteiger partial charge in [-0.05, 0) is 24.1 Å². The van der Waals surface area contributed by atoms with E-state index in [-0.39, 0.29) is 6.04 Å². The summed E-state index contributed by atoms with van der Waals surface area (Å²) in [6.45, 7) is 2.24. The Balaban J connectivity index is 2.60. The van der Waals surface area contributed by atoms with Crippen molar-refractivity contribution in [3.63, 3.8) is 0 Å². The fourth-order valence-corrected chi connectivity index (χ4v) is 2.14. The number of hydrazine groups is 1. The van der Waals surface area contributed by atoms with Gasteiger partial charge >= 0.3 is 0 Å². The summed E-state index contributed by atoms with van der Waals surface area (Å²) in [6, 6.07) is 8.85. The molecule has 0 heterocycles. The number of nitrogens with one attached hydrogen (secondary N) is 1. The van der Waals surface area contributed by atoms with Crippen LogP contribution in [0.1, 0.15) is 50.6 Å². The summed E-state index contributed by atoms with van der Waals surface area (Å²) in [4.78, 5) is 2.12. The molecular weight excluding hydrogens is 222 g/mol. The SMILES string of the molecule is CCCCCCC(NN)c1cccc(N(C)C)c1. The summed E-state index contributed by atoms with van der Waals surface area (Å²) in [5, 5.41) is 0. The zero-order valence-corrected chi connectivity index (χ0v) is 11.9. The average molecular weight is 249 g/mol. The fraction of sp³-hybridized carbons (Fsp3) is 0.600. The third kappa shape index (κ3) is 4.67. The largest absolute Gasteiger partial charge is 0.378 e. The lowest BCUT2D eigenvalue weighted by Crippen LogP contribution is -2.28. The van der Waals surface area contributed by atoms with Gasteiger partial charge in [0.05, 0.1) is 0 Å². The normalized spacial score (nSPS) is 12.4. The van der Waals surface area contributed by atoms with Gasteiger partial charge in [-0.15, -0.1) is 0 Å². The van der Waals surface area contributed by atoms with Crippen LogP contribution in [0.15, 0.2) is 24.3 Å². The van der Waals surface area contributed by atoms with Crippen LogP contribution in [-0.4, -0.2) is 14.1 Å². The highest BCUT2D eigenvalue weighted by molar-refractivity contribution is 5.47. The van der Waals surface area contributed by atoms with Crippen molar-refractivity contribution in [2.45, 2.75) is 45.1 Å². The molecule has 0 aliphatic carbocycles. The Kier molecular flexibility index (Phi) is 6.76. The molecule has 18 heavy (non-hydrogen) atoms. The molecule has 0 fully saturated rings. The minimum atomic E-state index is 0.266. The molecule has 1 rings (SSSR count). The summed E-state index contributed by atoms with van der Waals surface area (Å²) in [6.07, 6.45) is 6.22. The predicted octanol–water partition coefficient (Wildman–Crippen LogP) is 3.23. The van der Waals surface area contributed by atoms with Crippen LogP contribution >= 0.6 is 0 Å². The van der Waals surface area contributed by atoms with Crippen molar-refractivity contribution in [3.05, 3.63) is 29.8 Å². The second-order valence-corrected chi connectivity index (χ2v) is 5.06.